The largest absolute Gasteiger partial charge is 0.481 e. The third-order valence-corrected chi connectivity index (χ3v) is 3.07. The van der Waals surface area contributed by atoms with Crippen molar-refractivity contribution >= 4 is 23.3 Å². The van der Waals surface area contributed by atoms with Gasteiger partial charge in [0.1, 0.15) is 0 Å². The van der Waals surface area contributed by atoms with Gasteiger partial charge in [0.25, 0.3) is 0 Å². The number of aliphatic carboxylic acids is 1. The van der Waals surface area contributed by atoms with Gasteiger partial charge in [-0.1, -0.05) is 26.2 Å². The maximum absolute atomic E-state index is 10.9. The summed E-state index contributed by atoms with van der Waals surface area (Å²) in [5.74, 6) is -1.43. The van der Waals surface area contributed by atoms with E-state index in [1.54, 1.807) is 0 Å². The standard InChI is InChI=1S/C10H18O3.Al.3H/c1-2-8(9(11)12)10(13)6-4-3-5-7-10;;;;/h8,13H,2-7H2,1H3,(H,11,12);;;;. The molecule has 0 aromatic rings. The van der Waals surface area contributed by atoms with Crippen LogP contribution in [0, 0.1) is 5.92 Å². The molecule has 4 heteroatoms. The molecule has 2 N–H and O–H groups in total. The fraction of sp³-hybridized carbons (Fsp3) is 0.900. The van der Waals surface area contributed by atoms with Gasteiger partial charge in [-0.25, -0.2) is 0 Å². The molecular weight excluding hydrogens is 195 g/mol. The van der Waals surface area contributed by atoms with Crippen LogP contribution in [0.3, 0.4) is 0 Å². The molecule has 0 bridgehead atoms. The maximum atomic E-state index is 10.9. The lowest BCUT2D eigenvalue weighted by Crippen LogP contribution is -2.43. The Morgan fingerprint density at radius 1 is 1.36 bits per heavy atom. The number of rotatable bonds is 3. The van der Waals surface area contributed by atoms with E-state index in [-0.39, 0.29) is 17.4 Å². The van der Waals surface area contributed by atoms with E-state index in [0.717, 1.165) is 19.3 Å². The van der Waals surface area contributed by atoms with Crippen molar-refractivity contribution in [2.45, 2.75) is 51.0 Å². The number of carboxylic acids is 1. The molecule has 14 heavy (non-hydrogen) atoms. The Morgan fingerprint density at radius 2 is 1.86 bits per heavy atom. The van der Waals surface area contributed by atoms with Gasteiger partial charge in [0, 0.05) is 0 Å². The van der Waals surface area contributed by atoms with Crippen LogP contribution in [0.2, 0.25) is 0 Å². The van der Waals surface area contributed by atoms with Crippen molar-refractivity contribution in [3.63, 3.8) is 0 Å². The minimum atomic E-state index is -0.932. The van der Waals surface area contributed by atoms with E-state index in [0.29, 0.717) is 19.3 Å². The van der Waals surface area contributed by atoms with Crippen LogP contribution in [-0.4, -0.2) is 39.1 Å². The Kier molecular flexibility index (Phi) is 5.73. The summed E-state index contributed by atoms with van der Waals surface area (Å²) in [6.07, 6.45) is 4.86. The second kappa shape index (κ2) is 5.75. The Labute approximate surface area is 95.6 Å². The van der Waals surface area contributed by atoms with Gasteiger partial charge in [-0.3, -0.25) is 4.79 Å². The number of carboxylic acid groups (broad SMARTS) is 1. The summed E-state index contributed by atoms with van der Waals surface area (Å²) in [7, 11) is 0. The summed E-state index contributed by atoms with van der Waals surface area (Å²) in [5, 5.41) is 19.1. The molecule has 0 heterocycles. The molecule has 0 aliphatic heterocycles. The highest BCUT2D eigenvalue weighted by atomic mass is 27.0. The molecule has 0 amide bonds. The van der Waals surface area contributed by atoms with Gasteiger partial charge >= 0.3 is 5.97 Å². The minimum absolute atomic E-state index is 0. The molecule has 1 aliphatic rings. The average Bonchev–Trinajstić information content (AvgIpc) is 2.05. The van der Waals surface area contributed by atoms with E-state index in [9.17, 15) is 9.90 Å². The van der Waals surface area contributed by atoms with Gasteiger partial charge in [0.2, 0.25) is 0 Å². The molecule has 0 saturated heterocycles. The zero-order valence-electron chi connectivity index (χ0n) is 8.12. The SMILES string of the molecule is CCC(C(=O)O)C1(O)CCCCC1.[AlH3]. The molecule has 1 rings (SSSR count). The molecule has 0 spiro atoms. The number of hydrogen-bond acceptors (Lipinski definition) is 2. The lowest BCUT2D eigenvalue weighted by atomic mass is 9.74. The van der Waals surface area contributed by atoms with Crippen LogP contribution in [0.25, 0.3) is 0 Å². The number of aliphatic hydroxyl groups is 1. The van der Waals surface area contributed by atoms with Crippen molar-refractivity contribution < 1.29 is 15.0 Å². The van der Waals surface area contributed by atoms with Crippen molar-refractivity contribution in [3.8, 4) is 0 Å². The Hall–Kier alpha value is -0.0375. The predicted molar refractivity (Wildman–Crippen MR) is 59.4 cm³/mol. The third kappa shape index (κ3) is 2.98. The molecule has 3 nitrogen and oxygen atoms in total. The predicted octanol–water partition coefficient (Wildman–Crippen LogP) is 0.608. The van der Waals surface area contributed by atoms with Crippen LogP contribution < -0.4 is 0 Å². The van der Waals surface area contributed by atoms with Crippen molar-refractivity contribution in [3.05, 3.63) is 0 Å². The quantitative estimate of drug-likeness (QED) is 0.679. The van der Waals surface area contributed by atoms with Gasteiger partial charge < -0.3 is 10.2 Å². The maximum Gasteiger partial charge on any atom is 0.309 e. The first-order valence-electron chi connectivity index (χ1n) is 5.05. The lowest BCUT2D eigenvalue weighted by molar-refractivity contribution is -0.155. The summed E-state index contributed by atoms with van der Waals surface area (Å²) >= 11 is 0. The van der Waals surface area contributed by atoms with Gasteiger partial charge in [0.15, 0.2) is 17.4 Å². The van der Waals surface area contributed by atoms with E-state index in [2.05, 4.69) is 0 Å². The molecule has 0 aromatic carbocycles. The van der Waals surface area contributed by atoms with Crippen LogP contribution in [0.4, 0.5) is 0 Å². The first-order chi connectivity index (χ1) is 6.10. The van der Waals surface area contributed by atoms with Gasteiger partial charge in [-0.05, 0) is 19.3 Å². The molecular formula is C10H21AlO3. The van der Waals surface area contributed by atoms with Crippen LogP contribution in [0.5, 0.6) is 0 Å². The highest BCUT2D eigenvalue weighted by molar-refractivity contribution is 5.75. The van der Waals surface area contributed by atoms with E-state index < -0.39 is 17.5 Å². The summed E-state index contributed by atoms with van der Waals surface area (Å²) < 4.78 is 0. The van der Waals surface area contributed by atoms with E-state index in [4.69, 9.17) is 5.11 Å². The van der Waals surface area contributed by atoms with Crippen molar-refractivity contribution in [1.29, 1.82) is 0 Å². The van der Waals surface area contributed by atoms with Gasteiger partial charge in [-0.2, -0.15) is 0 Å². The molecule has 0 aromatic heterocycles. The van der Waals surface area contributed by atoms with E-state index in [1.165, 1.54) is 0 Å². The highest BCUT2D eigenvalue weighted by Gasteiger charge is 2.40. The van der Waals surface area contributed by atoms with E-state index >= 15 is 0 Å². The van der Waals surface area contributed by atoms with Crippen LogP contribution >= 0.6 is 0 Å². The molecule has 1 atom stereocenters. The Balaban J connectivity index is 0.00000169. The molecule has 1 unspecified atom stereocenters. The second-order valence-electron chi connectivity index (χ2n) is 3.96. The zero-order chi connectivity index (χ0) is 9.90. The third-order valence-electron chi connectivity index (χ3n) is 3.07. The Bertz CT molecular complexity index is 188. The van der Waals surface area contributed by atoms with Gasteiger partial charge in [0.05, 0.1) is 11.5 Å². The molecule has 1 fully saturated rings. The summed E-state index contributed by atoms with van der Waals surface area (Å²) in [5.41, 5.74) is -0.932. The topological polar surface area (TPSA) is 57.5 Å². The van der Waals surface area contributed by atoms with Crippen LogP contribution in [0.15, 0.2) is 0 Å². The lowest BCUT2D eigenvalue weighted by Gasteiger charge is -2.36. The van der Waals surface area contributed by atoms with Crippen LogP contribution in [-0.2, 0) is 4.79 Å². The fourth-order valence-electron chi connectivity index (χ4n) is 2.30. The monoisotopic (exact) mass is 216 g/mol. The number of hydrogen-bond donors (Lipinski definition) is 2. The zero-order valence-corrected chi connectivity index (χ0v) is 8.12. The van der Waals surface area contributed by atoms with Crippen LogP contribution in [0.1, 0.15) is 45.4 Å². The van der Waals surface area contributed by atoms with Gasteiger partial charge in [-0.15, -0.1) is 0 Å². The molecule has 1 aliphatic carbocycles. The first-order valence-corrected chi connectivity index (χ1v) is 5.05. The number of carbonyl (C=O) groups is 1. The fourth-order valence-corrected chi connectivity index (χ4v) is 2.30. The van der Waals surface area contributed by atoms with E-state index in [1.807, 2.05) is 6.92 Å². The highest BCUT2D eigenvalue weighted by Crippen LogP contribution is 2.35. The smallest absolute Gasteiger partial charge is 0.309 e. The Morgan fingerprint density at radius 3 is 2.21 bits per heavy atom. The second-order valence-corrected chi connectivity index (χ2v) is 3.96. The normalized spacial score (nSPS) is 22.1. The minimum Gasteiger partial charge on any atom is -0.481 e. The summed E-state index contributed by atoms with van der Waals surface area (Å²) in [6.45, 7) is 1.82. The van der Waals surface area contributed by atoms with Crippen molar-refractivity contribution in [2.24, 2.45) is 5.92 Å². The first kappa shape index (κ1) is 14.0. The molecule has 82 valence electrons. The molecule has 0 radical (unpaired) electrons. The summed E-state index contributed by atoms with van der Waals surface area (Å²) in [6, 6.07) is 0. The summed E-state index contributed by atoms with van der Waals surface area (Å²) in [4.78, 5) is 10.9. The molecule has 1 saturated carbocycles. The van der Waals surface area contributed by atoms with Crippen molar-refractivity contribution in [2.75, 3.05) is 0 Å². The van der Waals surface area contributed by atoms with Crippen molar-refractivity contribution in [1.82, 2.24) is 0 Å². The average molecular weight is 216 g/mol.